The third-order valence-corrected chi connectivity index (χ3v) is 4.00. The zero-order chi connectivity index (χ0) is 20.9. The minimum Gasteiger partial charge on any atom is -0.370 e. The number of non-ortho nitro benzene ring substituents is 1. The number of carbonyl (C=O) groups is 1. The van der Waals surface area contributed by atoms with Crippen molar-refractivity contribution >= 4 is 40.6 Å². The van der Waals surface area contributed by atoms with Gasteiger partial charge in [0.2, 0.25) is 0 Å². The summed E-state index contributed by atoms with van der Waals surface area (Å²) in [5.74, 6) is -0.651. The molecule has 1 amide bonds. The Bertz CT molecular complexity index is 894. The number of aromatic nitrogens is 1. The Hall–Kier alpha value is -2.59. The van der Waals surface area contributed by atoms with E-state index in [0.29, 0.717) is 6.42 Å². The molecular weight excluding hydrogens is 424 g/mol. The number of hydrogen-bond acceptors (Lipinski definition) is 5. The number of amides is 1. The second kappa shape index (κ2) is 9.07. The summed E-state index contributed by atoms with van der Waals surface area (Å²) in [6, 6.07) is 5.03. The van der Waals surface area contributed by atoms with Gasteiger partial charge in [-0.15, -0.1) is 0 Å². The standard InChI is InChI=1S/C16H13Cl2F3N4O3/c17-12-3-2-10(25(27)28)8-11(12)15(26)23-5-1-4-22-14-7-9(16(19,20)21)6-13(18)24-14/h2-3,6-8H,1,4-5H2,(H,22,24)(H,23,26). The average molecular weight is 437 g/mol. The molecule has 0 atom stereocenters. The van der Waals surface area contributed by atoms with Crippen LogP contribution < -0.4 is 10.6 Å². The fraction of sp³-hybridized carbons (Fsp3) is 0.250. The van der Waals surface area contributed by atoms with E-state index in [1.54, 1.807) is 0 Å². The number of anilines is 1. The highest BCUT2D eigenvalue weighted by atomic mass is 35.5. The van der Waals surface area contributed by atoms with Crippen LogP contribution in [0.4, 0.5) is 24.7 Å². The summed E-state index contributed by atoms with van der Waals surface area (Å²) in [5.41, 5.74) is -1.25. The fourth-order valence-corrected chi connectivity index (χ4v) is 2.57. The van der Waals surface area contributed by atoms with Crippen molar-refractivity contribution in [3.63, 3.8) is 0 Å². The summed E-state index contributed by atoms with van der Waals surface area (Å²) >= 11 is 11.5. The number of nitro groups is 1. The number of carbonyl (C=O) groups excluding carboxylic acids is 1. The Balaban J connectivity index is 1.87. The van der Waals surface area contributed by atoms with Crippen molar-refractivity contribution in [2.24, 2.45) is 0 Å². The highest BCUT2D eigenvalue weighted by molar-refractivity contribution is 6.34. The number of rotatable bonds is 7. The number of benzene rings is 1. The molecule has 12 heteroatoms. The molecule has 1 aromatic heterocycles. The Morgan fingerprint density at radius 3 is 2.54 bits per heavy atom. The lowest BCUT2D eigenvalue weighted by atomic mass is 10.2. The van der Waals surface area contributed by atoms with Crippen LogP contribution in [0.2, 0.25) is 10.2 Å². The SMILES string of the molecule is O=C(NCCCNc1cc(C(F)(F)F)cc(Cl)n1)c1cc([N+](=O)[O-])ccc1Cl. The first-order chi connectivity index (χ1) is 13.1. The maximum Gasteiger partial charge on any atom is 0.416 e. The second-order valence-corrected chi connectivity index (χ2v) is 6.31. The third kappa shape index (κ3) is 5.96. The monoisotopic (exact) mass is 436 g/mol. The summed E-state index contributed by atoms with van der Waals surface area (Å²) in [7, 11) is 0. The van der Waals surface area contributed by atoms with Crippen LogP contribution in [0, 0.1) is 10.1 Å². The molecule has 0 radical (unpaired) electrons. The Morgan fingerprint density at radius 2 is 1.89 bits per heavy atom. The van der Waals surface area contributed by atoms with Gasteiger partial charge in [0, 0.05) is 25.2 Å². The first-order valence-electron chi connectivity index (χ1n) is 7.78. The van der Waals surface area contributed by atoms with E-state index >= 15 is 0 Å². The number of nitrogens with one attached hydrogen (secondary N) is 2. The number of pyridine rings is 1. The van der Waals surface area contributed by atoms with Crippen molar-refractivity contribution in [1.82, 2.24) is 10.3 Å². The van der Waals surface area contributed by atoms with Crippen LogP contribution in [0.25, 0.3) is 0 Å². The van der Waals surface area contributed by atoms with Crippen molar-refractivity contribution in [1.29, 1.82) is 0 Å². The molecule has 0 saturated heterocycles. The van der Waals surface area contributed by atoms with Gasteiger partial charge in [0.15, 0.2) is 0 Å². The molecule has 1 heterocycles. The van der Waals surface area contributed by atoms with Gasteiger partial charge in [-0.2, -0.15) is 13.2 Å². The van der Waals surface area contributed by atoms with Gasteiger partial charge in [0.25, 0.3) is 11.6 Å². The van der Waals surface area contributed by atoms with Crippen LogP contribution in [0.15, 0.2) is 30.3 Å². The Labute approximate surface area is 167 Å². The zero-order valence-electron chi connectivity index (χ0n) is 14.0. The number of halogens is 5. The van der Waals surface area contributed by atoms with Crippen molar-refractivity contribution in [3.8, 4) is 0 Å². The number of nitro benzene ring substituents is 1. The number of alkyl halides is 3. The first-order valence-corrected chi connectivity index (χ1v) is 8.54. The zero-order valence-corrected chi connectivity index (χ0v) is 15.5. The normalized spacial score (nSPS) is 11.2. The van der Waals surface area contributed by atoms with Crippen LogP contribution in [-0.4, -0.2) is 28.9 Å². The van der Waals surface area contributed by atoms with Gasteiger partial charge in [0.1, 0.15) is 11.0 Å². The van der Waals surface area contributed by atoms with E-state index in [9.17, 15) is 28.1 Å². The molecule has 0 saturated carbocycles. The molecule has 0 aliphatic rings. The molecule has 0 fully saturated rings. The number of nitrogens with zero attached hydrogens (tertiary/aromatic N) is 2. The molecule has 0 spiro atoms. The van der Waals surface area contributed by atoms with Crippen LogP contribution in [0.5, 0.6) is 0 Å². The lowest BCUT2D eigenvalue weighted by Gasteiger charge is -2.11. The maximum absolute atomic E-state index is 12.7. The smallest absolute Gasteiger partial charge is 0.370 e. The molecule has 2 rings (SSSR count). The van der Waals surface area contributed by atoms with Gasteiger partial charge >= 0.3 is 6.18 Å². The molecule has 2 aromatic rings. The van der Waals surface area contributed by atoms with E-state index in [0.717, 1.165) is 18.2 Å². The van der Waals surface area contributed by atoms with Crippen molar-refractivity contribution < 1.29 is 22.9 Å². The molecular formula is C16H13Cl2F3N4O3. The molecule has 0 aliphatic heterocycles. The summed E-state index contributed by atoms with van der Waals surface area (Å²) in [5, 5.41) is 15.7. The second-order valence-electron chi connectivity index (χ2n) is 5.52. The quantitative estimate of drug-likeness (QED) is 0.287. The van der Waals surface area contributed by atoms with E-state index < -0.39 is 22.6 Å². The molecule has 0 aliphatic carbocycles. The van der Waals surface area contributed by atoms with Crippen molar-refractivity contribution in [2.45, 2.75) is 12.6 Å². The molecule has 1 aromatic carbocycles. The molecule has 0 bridgehead atoms. The van der Waals surface area contributed by atoms with E-state index in [1.165, 1.54) is 12.1 Å². The Morgan fingerprint density at radius 1 is 1.18 bits per heavy atom. The third-order valence-electron chi connectivity index (χ3n) is 3.47. The lowest BCUT2D eigenvalue weighted by molar-refractivity contribution is -0.384. The fourth-order valence-electron chi connectivity index (χ4n) is 2.15. The molecule has 2 N–H and O–H groups in total. The van der Waals surface area contributed by atoms with Crippen molar-refractivity contribution in [2.75, 3.05) is 18.4 Å². The summed E-state index contributed by atoms with van der Waals surface area (Å²) < 4.78 is 38.2. The van der Waals surface area contributed by atoms with Crippen LogP contribution in [-0.2, 0) is 6.18 Å². The summed E-state index contributed by atoms with van der Waals surface area (Å²) in [6.45, 7) is 0.352. The van der Waals surface area contributed by atoms with Gasteiger partial charge in [-0.1, -0.05) is 23.2 Å². The molecule has 0 unspecified atom stereocenters. The van der Waals surface area contributed by atoms with E-state index in [1.807, 2.05) is 0 Å². The van der Waals surface area contributed by atoms with Crippen LogP contribution >= 0.6 is 23.2 Å². The summed E-state index contributed by atoms with van der Waals surface area (Å²) in [6.07, 6.45) is -4.21. The molecule has 28 heavy (non-hydrogen) atoms. The lowest BCUT2D eigenvalue weighted by Crippen LogP contribution is -2.26. The predicted octanol–water partition coefficient (Wildman–Crippen LogP) is 4.55. The van der Waals surface area contributed by atoms with Gasteiger partial charge in [-0.25, -0.2) is 4.98 Å². The molecule has 150 valence electrons. The van der Waals surface area contributed by atoms with Gasteiger partial charge in [-0.3, -0.25) is 14.9 Å². The minimum absolute atomic E-state index is 0.0462. The van der Waals surface area contributed by atoms with E-state index in [4.69, 9.17) is 23.2 Å². The minimum atomic E-state index is -4.55. The van der Waals surface area contributed by atoms with E-state index in [2.05, 4.69) is 15.6 Å². The maximum atomic E-state index is 12.7. The van der Waals surface area contributed by atoms with Gasteiger partial charge < -0.3 is 10.6 Å². The topological polar surface area (TPSA) is 97.2 Å². The highest BCUT2D eigenvalue weighted by Crippen LogP contribution is 2.31. The Kier molecular flexibility index (Phi) is 7.03. The van der Waals surface area contributed by atoms with Crippen molar-refractivity contribution in [3.05, 3.63) is 61.7 Å². The van der Waals surface area contributed by atoms with Gasteiger partial charge in [0.05, 0.1) is 21.1 Å². The highest BCUT2D eigenvalue weighted by Gasteiger charge is 2.31. The number of hydrogen-bond donors (Lipinski definition) is 2. The van der Waals surface area contributed by atoms with Crippen LogP contribution in [0.1, 0.15) is 22.3 Å². The largest absolute Gasteiger partial charge is 0.416 e. The first kappa shape index (κ1) is 21.7. The van der Waals surface area contributed by atoms with E-state index in [-0.39, 0.29) is 40.3 Å². The average Bonchev–Trinajstić information content (AvgIpc) is 2.60. The molecule has 7 nitrogen and oxygen atoms in total. The van der Waals surface area contributed by atoms with Crippen LogP contribution in [0.3, 0.4) is 0 Å². The van der Waals surface area contributed by atoms with Gasteiger partial charge in [-0.05, 0) is 24.6 Å². The predicted molar refractivity (Wildman–Crippen MR) is 97.8 cm³/mol. The summed E-state index contributed by atoms with van der Waals surface area (Å²) in [4.78, 5) is 26.0.